The normalized spacial score (nSPS) is 18.7. The van der Waals surface area contributed by atoms with Crippen LogP contribution >= 0.6 is 0 Å². The summed E-state index contributed by atoms with van der Waals surface area (Å²) in [6, 6.07) is 6.45. The van der Waals surface area contributed by atoms with Crippen LogP contribution in [0.2, 0.25) is 0 Å². The summed E-state index contributed by atoms with van der Waals surface area (Å²) in [5, 5.41) is 3.37. The van der Waals surface area contributed by atoms with Gasteiger partial charge in [-0.2, -0.15) is 0 Å². The van der Waals surface area contributed by atoms with E-state index in [0.29, 0.717) is 6.04 Å². The first-order chi connectivity index (χ1) is 10.8. The van der Waals surface area contributed by atoms with Crippen LogP contribution in [0.15, 0.2) is 24.3 Å². The predicted octanol–water partition coefficient (Wildman–Crippen LogP) is 3.20. The van der Waals surface area contributed by atoms with Gasteiger partial charge >= 0.3 is 6.36 Å². The Labute approximate surface area is 134 Å². The second kappa shape index (κ2) is 7.88. The minimum atomic E-state index is -4.65. The van der Waals surface area contributed by atoms with Gasteiger partial charge in [0.05, 0.1) is 0 Å². The van der Waals surface area contributed by atoms with Gasteiger partial charge in [-0.15, -0.1) is 13.2 Å². The van der Waals surface area contributed by atoms with E-state index in [1.165, 1.54) is 12.1 Å². The van der Waals surface area contributed by atoms with Gasteiger partial charge in [-0.25, -0.2) is 0 Å². The van der Waals surface area contributed by atoms with Gasteiger partial charge in [-0.05, 0) is 57.0 Å². The molecule has 0 saturated carbocycles. The molecular weight excluding hydrogens is 307 g/mol. The minimum absolute atomic E-state index is 0.200. The first-order valence-corrected chi connectivity index (χ1v) is 7.92. The lowest BCUT2D eigenvalue weighted by Crippen LogP contribution is -2.40. The van der Waals surface area contributed by atoms with E-state index < -0.39 is 6.36 Å². The number of hydrogen-bond acceptors (Lipinski definition) is 4. The molecule has 0 spiro atoms. The summed E-state index contributed by atoms with van der Waals surface area (Å²) >= 11 is 0. The van der Waals surface area contributed by atoms with Gasteiger partial charge in [0.2, 0.25) is 0 Å². The van der Waals surface area contributed by atoms with Gasteiger partial charge in [0.25, 0.3) is 0 Å². The SMILES string of the molecule is CC(N)CCN1CCC(Nc2ccc(OC(F)(F)F)cc2)CC1. The van der Waals surface area contributed by atoms with Crippen molar-refractivity contribution in [3.8, 4) is 5.75 Å². The third-order valence-electron chi connectivity index (χ3n) is 3.95. The zero-order valence-electron chi connectivity index (χ0n) is 13.3. The Balaban J connectivity index is 1.76. The fourth-order valence-corrected chi connectivity index (χ4v) is 2.68. The second-order valence-corrected chi connectivity index (χ2v) is 6.10. The second-order valence-electron chi connectivity index (χ2n) is 6.10. The predicted molar refractivity (Wildman–Crippen MR) is 84.5 cm³/mol. The van der Waals surface area contributed by atoms with Crippen LogP contribution in [0.25, 0.3) is 0 Å². The topological polar surface area (TPSA) is 50.5 Å². The van der Waals surface area contributed by atoms with Crippen molar-refractivity contribution >= 4 is 5.69 Å². The summed E-state index contributed by atoms with van der Waals surface area (Å²) in [6.45, 7) is 5.06. The minimum Gasteiger partial charge on any atom is -0.406 e. The largest absolute Gasteiger partial charge is 0.573 e. The summed E-state index contributed by atoms with van der Waals surface area (Å²) in [7, 11) is 0. The van der Waals surface area contributed by atoms with E-state index in [4.69, 9.17) is 5.73 Å². The summed E-state index contributed by atoms with van der Waals surface area (Å²) in [6.07, 6.45) is -1.62. The summed E-state index contributed by atoms with van der Waals surface area (Å²) in [5.41, 5.74) is 6.58. The van der Waals surface area contributed by atoms with E-state index >= 15 is 0 Å². The Kier molecular flexibility index (Phi) is 6.12. The van der Waals surface area contributed by atoms with Crippen LogP contribution in [-0.2, 0) is 0 Å². The van der Waals surface area contributed by atoms with Crippen molar-refractivity contribution in [2.45, 2.75) is 44.6 Å². The van der Waals surface area contributed by atoms with Crippen LogP contribution < -0.4 is 15.8 Å². The third kappa shape index (κ3) is 6.66. The fourth-order valence-electron chi connectivity index (χ4n) is 2.68. The molecule has 0 aromatic heterocycles. The zero-order chi connectivity index (χ0) is 16.9. The number of benzene rings is 1. The fraction of sp³-hybridized carbons (Fsp3) is 0.625. The van der Waals surface area contributed by atoms with Gasteiger partial charge in [0.1, 0.15) is 5.75 Å². The van der Waals surface area contributed by atoms with Crippen molar-refractivity contribution in [1.82, 2.24) is 4.90 Å². The van der Waals surface area contributed by atoms with Crippen LogP contribution in [-0.4, -0.2) is 43.0 Å². The van der Waals surface area contributed by atoms with E-state index in [-0.39, 0.29) is 11.8 Å². The number of hydrogen-bond donors (Lipinski definition) is 2. The summed E-state index contributed by atoms with van der Waals surface area (Å²) < 4.78 is 40.2. The average molecular weight is 331 g/mol. The van der Waals surface area contributed by atoms with E-state index in [1.54, 1.807) is 12.1 Å². The molecule has 7 heteroatoms. The van der Waals surface area contributed by atoms with Crippen LogP contribution in [0, 0.1) is 0 Å². The van der Waals surface area contributed by atoms with Crippen LogP contribution in [0.5, 0.6) is 5.75 Å². The molecule has 130 valence electrons. The Bertz CT molecular complexity index is 468. The highest BCUT2D eigenvalue weighted by Gasteiger charge is 2.31. The maximum Gasteiger partial charge on any atom is 0.573 e. The Hall–Kier alpha value is -1.47. The molecule has 1 aliphatic heterocycles. The van der Waals surface area contributed by atoms with Crippen molar-refractivity contribution in [1.29, 1.82) is 0 Å². The lowest BCUT2D eigenvalue weighted by atomic mass is 10.0. The standard InChI is InChI=1S/C16H24F3N3O/c1-12(20)6-9-22-10-7-14(8-11-22)21-13-2-4-15(5-3-13)23-16(17,18)19/h2-5,12,14,21H,6-11,20H2,1H3. The molecule has 0 amide bonds. The number of anilines is 1. The summed E-state index contributed by atoms with van der Waals surface area (Å²) in [5.74, 6) is -0.200. The van der Waals surface area contributed by atoms with Crippen molar-refractivity contribution in [3.05, 3.63) is 24.3 Å². The molecule has 1 fully saturated rings. The first kappa shape index (κ1) is 17.9. The number of nitrogens with one attached hydrogen (secondary N) is 1. The molecule has 23 heavy (non-hydrogen) atoms. The molecule has 2 rings (SSSR count). The number of piperidine rings is 1. The number of halogens is 3. The number of nitrogens with two attached hydrogens (primary N) is 1. The zero-order valence-corrected chi connectivity index (χ0v) is 13.3. The highest BCUT2D eigenvalue weighted by molar-refractivity contribution is 5.47. The molecule has 4 nitrogen and oxygen atoms in total. The van der Waals surface area contributed by atoms with Crippen molar-refractivity contribution < 1.29 is 17.9 Å². The Morgan fingerprint density at radius 1 is 1.26 bits per heavy atom. The van der Waals surface area contributed by atoms with Crippen molar-refractivity contribution in [2.75, 3.05) is 25.0 Å². The summed E-state index contributed by atoms with van der Waals surface area (Å²) in [4.78, 5) is 2.40. The number of likely N-dealkylation sites (tertiary alicyclic amines) is 1. The molecule has 1 atom stereocenters. The van der Waals surface area contributed by atoms with Crippen molar-refractivity contribution in [2.24, 2.45) is 5.73 Å². The van der Waals surface area contributed by atoms with E-state index in [2.05, 4.69) is 15.0 Å². The van der Waals surface area contributed by atoms with E-state index in [0.717, 1.165) is 44.6 Å². The van der Waals surface area contributed by atoms with Crippen molar-refractivity contribution in [3.63, 3.8) is 0 Å². The van der Waals surface area contributed by atoms with Crippen LogP contribution in [0.1, 0.15) is 26.2 Å². The number of rotatable bonds is 6. The molecule has 1 aromatic carbocycles. The Morgan fingerprint density at radius 2 is 1.87 bits per heavy atom. The molecular formula is C16H24F3N3O. The lowest BCUT2D eigenvalue weighted by Gasteiger charge is -2.33. The molecule has 1 aliphatic rings. The third-order valence-corrected chi connectivity index (χ3v) is 3.95. The smallest absolute Gasteiger partial charge is 0.406 e. The monoisotopic (exact) mass is 331 g/mol. The first-order valence-electron chi connectivity index (χ1n) is 7.92. The lowest BCUT2D eigenvalue weighted by molar-refractivity contribution is -0.274. The molecule has 0 bridgehead atoms. The quantitative estimate of drug-likeness (QED) is 0.840. The maximum absolute atomic E-state index is 12.1. The molecule has 0 radical (unpaired) electrons. The Morgan fingerprint density at radius 3 is 2.39 bits per heavy atom. The molecule has 1 saturated heterocycles. The van der Waals surface area contributed by atoms with Crippen LogP contribution in [0.3, 0.4) is 0 Å². The molecule has 1 heterocycles. The highest BCUT2D eigenvalue weighted by Crippen LogP contribution is 2.25. The van der Waals surface area contributed by atoms with Crippen LogP contribution in [0.4, 0.5) is 18.9 Å². The van der Waals surface area contributed by atoms with Gasteiger partial charge in [-0.1, -0.05) is 0 Å². The molecule has 1 aromatic rings. The van der Waals surface area contributed by atoms with Gasteiger partial charge < -0.3 is 20.7 Å². The van der Waals surface area contributed by atoms with E-state index in [9.17, 15) is 13.2 Å². The van der Waals surface area contributed by atoms with Gasteiger partial charge in [-0.3, -0.25) is 0 Å². The average Bonchev–Trinajstić information content (AvgIpc) is 2.47. The van der Waals surface area contributed by atoms with Gasteiger partial charge in [0.15, 0.2) is 0 Å². The molecule has 0 aliphatic carbocycles. The van der Waals surface area contributed by atoms with Gasteiger partial charge in [0, 0.05) is 30.9 Å². The molecule has 3 N–H and O–H groups in total. The number of nitrogens with zero attached hydrogens (tertiary/aromatic N) is 1. The highest BCUT2D eigenvalue weighted by atomic mass is 19.4. The molecule has 1 unspecified atom stereocenters. The number of ether oxygens (including phenoxy) is 1. The maximum atomic E-state index is 12.1. The van der Waals surface area contributed by atoms with E-state index in [1.807, 2.05) is 6.92 Å². The number of alkyl halides is 3.